The fourth-order valence-electron chi connectivity index (χ4n) is 1.86. The molecule has 4 nitrogen and oxygen atoms in total. The van der Waals surface area contributed by atoms with Crippen LogP contribution < -0.4 is 5.73 Å². The first-order chi connectivity index (χ1) is 9.16. The average Bonchev–Trinajstić information content (AvgIpc) is 2.84. The maximum Gasteiger partial charge on any atom is 0.248 e. The summed E-state index contributed by atoms with van der Waals surface area (Å²) in [4.78, 5) is 16.2. The summed E-state index contributed by atoms with van der Waals surface area (Å²) in [7, 11) is 0. The van der Waals surface area contributed by atoms with Gasteiger partial charge in [-0.15, -0.1) is 0 Å². The van der Waals surface area contributed by atoms with E-state index >= 15 is 0 Å². The summed E-state index contributed by atoms with van der Waals surface area (Å²) in [6.07, 6.45) is 1.51. The van der Waals surface area contributed by atoms with Crippen LogP contribution in [0.25, 0.3) is 11.0 Å². The third kappa shape index (κ3) is 1.96. The molecule has 0 aliphatic heterocycles. The predicted molar refractivity (Wildman–Crippen MR) is 73.3 cm³/mol. The first-order valence-corrected chi connectivity index (χ1v) is 5.98. The van der Waals surface area contributed by atoms with Crippen molar-refractivity contribution in [1.29, 1.82) is 0 Å². The lowest BCUT2D eigenvalue weighted by Gasteiger charge is -1.99. The number of furan rings is 1. The SMILES string of the molecule is Nc1cccnc1C(=O)c1cc2cccc(Cl)c2o1. The van der Waals surface area contributed by atoms with Crippen molar-refractivity contribution in [3.63, 3.8) is 0 Å². The number of nitrogen functional groups attached to an aromatic ring is 1. The molecule has 0 atom stereocenters. The Hall–Kier alpha value is -2.33. The van der Waals surface area contributed by atoms with Crippen LogP contribution in [0, 0.1) is 0 Å². The fourth-order valence-corrected chi connectivity index (χ4v) is 2.08. The summed E-state index contributed by atoms with van der Waals surface area (Å²) in [5.41, 5.74) is 6.72. The van der Waals surface area contributed by atoms with E-state index in [0.29, 0.717) is 16.3 Å². The molecule has 0 saturated heterocycles. The summed E-state index contributed by atoms with van der Waals surface area (Å²) in [5.74, 6) is -0.182. The van der Waals surface area contributed by atoms with Gasteiger partial charge in [0.1, 0.15) is 5.69 Å². The van der Waals surface area contributed by atoms with Gasteiger partial charge in [-0.1, -0.05) is 23.7 Å². The molecule has 5 heteroatoms. The lowest BCUT2D eigenvalue weighted by molar-refractivity contribution is 0.101. The number of hydrogen-bond acceptors (Lipinski definition) is 4. The van der Waals surface area contributed by atoms with Gasteiger partial charge in [0.05, 0.1) is 10.7 Å². The Kier molecular flexibility index (Phi) is 2.72. The molecule has 2 N–H and O–H groups in total. The van der Waals surface area contributed by atoms with E-state index in [1.165, 1.54) is 6.20 Å². The molecular formula is C14H9ClN2O2. The molecule has 3 aromatic rings. The molecule has 0 spiro atoms. The van der Waals surface area contributed by atoms with Crippen molar-refractivity contribution in [3.05, 3.63) is 59.1 Å². The van der Waals surface area contributed by atoms with Gasteiger partial charge in [-0.3, -0.25) is 9.78 Å². The molecule has 2 aromatic heterocycles. The minimum Gasteiger partial charge on any atom is -0.451 e. The zero-order valence-electron chi connectivity index (χ0n) is 9.76. The number of hydrogen-bond donors (Lipinski definition) is 1. The van der Waals surface area contributed by atoms with E-state index in [9.17, 15) is 4.79 Å². The quantitative estimate of drug-likeness (QED) is 0.727. The zero-order valence-corrected chi connectivity index (χ0v) is 10.5. The monoisotopic (exact) mass is 272 g/mol. The van der Waals surface area contributed by atoms with E-state index in [0.717, 1.165) is 5.39 Å². The summed E-state index contributed by atoms with van der Waals surface area (Å²) >= 11 is 6.01. The molecule has 0 fully saturated rings. The first kappa shape index (κ1) is 11.7. The molecule has 2 heterocycles. The number of nitrogens with zero attached hydrogens (tertiary/aromatic N) is 1. The largest absolute Gasteiger partial charge is 0.451 e. The number of benzene rings is 1. The van der Waals surface area contributed by atoms with E-state index in [-0.39, 0.29) is 17.2 Å². The molecule has 0 bridgehead atoms. The van der Waals surface area contributed by atoms with E-state index in [2.05, 4.69) is 4.98 Å². The topological polar surface area (TPSA) is 69.1 Å². The van der Waals surface area contributed by atoms with Crippen LogP contribution in [0.4, 0.5) is 5.69 Å². The van der Waals surface area contributed by atoms with Gasteiger partial charge >= 0.3 is 0 Å². The van der Waals surface area contributed by atoms with Crippen molar-refractivity contribution in [2.45, 2.75) is 0 Å². The smallest absolute Gasteiger partial charge is 0.248 e. The highest BCUT2D eigenvalue weighted by Gasteiger charge is 2.18. The Labute approximate surface area is 113 Å². The van der Waals surface area contributed by atoms with Gasteiger partial charge < -0.3 is 10.2 Å². The molecule has 1 aromatic carbocycles. The standard InChI is InChI=1S/C14H9ClN2O2/c15-9-4-1-3-8-7-11(19-14(8)9)13(18)12-10(16)5-2-6-17-12/h1-7H,16H2. The van der Waals surface area contributed by atoms with Crippen LogP contribution in [-0.2, 0) is 0 Å². The number of ketones is 1. The summed E-state index contributed by atoms with van der Waals surface area (Å²) in [5, 5.41) is 1.23. The van der Waals surface area contributed by atoms with E-state index in [1.807, 2.05) is 6.07 Å². The average molecular weight is 273 g/mol. The Balaban J connectivity index is 2.12. The Bertz CT molecular complexity index is 780. The number of nitrogens with two attached hydrogens (primary N) is 1. The number of carbonyl (C=O) groups excluding carboxylic acids is 1. The van der Waals surface area contributed by atoms with Crippen LogP contribution in [-0.4, -0.2) is 10.8 Å². The number of para-hydroxylation sites is 1. The van der Waals surface area contributed by atoms with Gasteiger partial charge in [0.2, 0.25) is 5.78 Å². The molecule has 0 aliphatic rings. The number of pyridine rings is 1. The van der Waals surface area contributed by atoms with Crippen LogP contribution >= 0.6 is 11.6 Å². The fraction of sp³-hybridized carbons (Fsp3) is 0. The second-order valence-corrected chi connectivity index (χ2v) is 4.45. The summed E-state index contributed by atoms with van der Waals surface area (Å²) < 4.78 is 5.49. The van der Waals surface area contributed by atoms with Crippen molar-refractivity contribution in [2.24, 2.45) is 0 Å². The molecule has 0 saturated carbocycles. The van der Waals surface area contributed by atoms with Crippen LogP contribution in [0.2, 0.25) is 5.02 Å². The number of fused-ring (bicyclic) bond motifs is 1. The molecule has 94 valence electrons. The second-order valence-electron chi connectivity index (χ2n) is 4.04. The van der Waals surface area contributed by atoms with Gasteiger partial charge in [0.15, 0.2) is 11.3 Å². The Morgan fingerprint density at radius 3 is 2.84 bits per heavy atom. The van der Waals surface area contributed by atoms with Gasteiger partial charge in [-0.25, -0.2) is 0 Å². The maximum absolute atomic E-state index is 12.3. The number of aromatic nitrogens is 1. The van der Waals surface area contributed by atoms with Crippen molar-refractivity contribution in [1.82, 2.24) is 4.98 Å². The van der Waals surface area contributed by atoms with Crippen molar-refractivity contribution in [2.75, 3.05) is 5.73 Å². The minimum atomic E-state index is -0.356. The lowest BCUT2D eigenvalue weighted by Crippen LogP contribution is -2.06. The molecule has 0 radical (unpaired) electrons. The molecular weight excluding hydrogens is 264 g/mol. The highest BCUT2D eigenvalue weighted by atomic mass is 35.5. The number of halogens is 1. The molecule has 0 amide bonds. The zero-order chi connectivity index (χ0) is 13.4. The summed E-state index contributed by atoms with van der Waals surface area (Å²) in [6, 6.07) is 10.2. The van der Waals surface area contributed by atoms with Crippen molar-refractivity contribution < 1.29 is 9.21 Å². The maximum atomic E-state index is 12.3. The molecule has 3 rings (SSSR count). The predicted octanol–water partition coefficient (Wildman–Crippen LogP) is 3.29. The van der Waals surface area contributed by atoms with Crippen molar-refractivity contribution >= 4 is 34.0 Å². The molecule has 19 heavy (non-hydrogen) atoms. The normalized spacial score (nSPS) is 10.8. The van der Waals surface area contributed by atoms with Crippen LogP contribution in [0.5, 0.6) is 0 Å². The second kappa shape index (κ2) is 4.40. The van der Waals surface area contributed by atoms with E-state index in [1.54, 1.807) is 30.3 Å². The number of rotatable bonds is 2. The van der Waals surface area contributed by atoms with E-state index in [4.69, 9.17) is 21.8 Å². The van der Waals surface area contributed by atoms with Gasteiger partial charge in [-0.2, -0.15) is 0 Å². The van der Waals surface area contributed by atoms with Crippen molar-refractivity contribution in [3.8, 4) is 0 Å². The van der Waals surface area contributed by atoms with Gasteiger partial charge in [0.25, 0.3) is 0 Å². The third-order valence-corrected chi connectivity index (χ3v) is 3.07. The number of anilines is 1. The highest BCUT2D eigenvalue weighted by molar-refractivity contribution is 6.35. The van der Waals surface area contributed by atoms with Crippen LogP contribution in [0.3, 0.4) is 0 Å². The minimum absolute atomic E-state index is 0.175. The molecule has 0 aliphatic carbocycles. The van der Waals surface area contributed by atoms with Gasteiger partial charge in [0, 0.05) is 11.6 Å². The first-order valence-electron chi connectivity index (χ1n) is 5.60. The number of carbonyl (C=O) groups is 1. The van der Waals surface area contributed by atoms with Gasteiger partial charge in [-0.05, 0) is 24.3 Å². The Morgan fingerprint density at radius 1 is 1.26 bits per heavy atom. The molecule has 0 unspecified atom stereocenters. The summed E-state index contributed by atoms with van der Waals surface area (Å²) in [6.45, 7) is 0. The third-order valence-electron chi connectivity index (χ3n) is 2.77. The highest BCUT2D eigenvalue weighted by Crippen LogP contribution is 2.28. The van der Waals surface area contributed by atoms with Crippen LogP contribution in [0.15, 0.2) is 47.0 Å². The van der Waals surface area contributed by atoms with Crippen LogP contribution in [0.1, 0.15) is 16.2 Å². The Morgan fingerprint density at radius 2 is 2.11 bits per heavy atom. The van der Waals surface area contributed by atoms with E-state index < -0.39 is 0 Å². The lowest BCUT2D eigenvalue weighted by atomic mass is 10.1.